The predicted molar refractivity (Wildman–Crippen MR) is 86.2 cm³/mol. The van der Waals surface area contributed by atoms with Crippen LogP contribution in [0.15, 0.2) is 23.1 Å². The van der Waals surface area contributed by atoms with Crippen LogP contribution in [-0.2, 0) is 16.4 Å². The molecule has 5 nitrogen and oxygen atoms in total. The minimum Gasteiger partial charge on any atom is -0.385 e. The average Bonchev–Trinajstić information content (AvgIpc) is 2.44. The van der Waals surface area contributed by atoms with Crippen molar-refractivity contribution in [2.24, 2.45) is 0 Å². The standard InChI is InChI=1S/C15H25N3O2S/c1-15(2,18(3)4)11-17-21(19,20)14-9-5-8-13-12(14)7-6-10-16-13/h5,8-9,16-17H,6-7,10-11H2,1-4H3. The Morgan fingerprint density at radius 3 is 2.71 bits per heavy atom. The van der Waals surface area contributed by atoms with Gasteiger partial charge in [0, 0.05) is 24.3 Å². The molecule has 0 aliphatic carbocycles. The van der Waals surface area contributed by atoms with E-state index in [-0.39, 0.29) is 5.54 Å². The van der Waals surface area contributed by atoms with Crippen LogP contribution in [0.2, 0.25) is 0 Å². The number of likely N-dealkylation sites (N-methyl/N-ethyl adjacent to an activating group) is 1. The number of hydrogen-bond acceptors (Lipinski definition) is 4. The van der Waals surface area contributed by atoms with Crippen LogP contribution in [0, 0.1) is 0 Å². The summed E-state index contributed by atoms with van der Waals surface area (Å²) in [4.78, 5) is 2.42. The molecule has 2 N–H and O–H groups in total. The summed E-state index contributed by atoms with van der Waals surface area (Å²) in [6.07, 6.45) is 1.76. The second-order valence-corrected chi connectivity index (χ2v) is 8.08. The Labute approximate surface area is 127 Å². The third kappa shape index (κ3) is 3.56. The van der Waals surface area contributed by atoms with Gasteiger partial charge in [0.1, 0.15) is 0 Å². The van der Waals surface area contributed by atoms with Crippen LogP contribution in [0.5, 0.6) is 0 Å². The third-order valence-electron chi connectivity index (χ3n) is 4.25. The van der Waals surface area contributed by atoms with Crippen LogP contribution in [0.25, 0.3) is 0 Å². The predicted octanol–water partition coefficient (Wildman–Crippen LogP) is 1.66. The van der Waals surface area contributed by atoms with Crippen LogP contribution in [0.4, 0.5) is 5.69 Å². The maximum atomic E-state index is 12.6. The third-order valence-corrected chi connectivity index (χ3v) is 5.73. The van der Waals surface area contributed by atoms with Crippen molar-refractivity contribution in [3.63, 3.8) is 0 Å². The first kappa shape index (κ1) is 16.3. The molecule has 1 aromatic rings. The molecule has 1 aromatic carbocycles. The number of nitrogens with one attached hydrogen (secondary N) is 2. The van der Waals surface area contributed by atoms with Gasteiger partial charge in [-0.1, -0.05) is 6.07 Å². The Morgan fingerprint density at radius 1 is 1.33 bits per heavy atom. The molecule has 0 fully saturated rings. The molecular formula is C15H25N3O2S. The molecule has 6 heteroatoms. The monoisotopic (exact) mass is 311 g/mol. The molecule has 0 unspecified atom stereocenters. The summed E-state index contributed by atoms with van der Waals surface area (Å²) in [5, 5.41) is 3.27. The summed E-state index contributed by atoms with van der Waals surface area (Å²) < 4.78 is 28.0. The van der Waals surface area contributed by atoms with Crippen LogP contribution in [-0.4, -0.2) is 46.0 Å². The molecule has 0 bridgehead atoms. The first-order valence-corrected chi connectivity index (χ1v) is 8.75. The molecule has 0 radical (unpaired) electrons. The van der Waals surface area contributed by atoms with E-state index in [1.807, 2.05) is 38.9 Å². The molecule has 0 amide bonds. The molecule has 0 saturated heterocycles. The number of rotatable bonds is 5. The quantitative estimate of drug-likeness (QED) is 0.868. The number of anilines is 1. The molecule has 0 saturated carbocycles. The van der Waals surface area contributed by atoms with Gasteiger partial charge in [-0.3, -0.25) is 0 Å². The first-order chi connectivity index (χ1) is 9.74. The van der Waals surface area contributed by atoms with Gasteiger partial charge in [-0.15, -0.1) is 0 Å². The lowest BCUT2D eigenvalue weighted by atomic mass is 10.0. The Morgan fingerprint density at radius 2 is 2.05 bits per heavy atom. The maximum Gasteiger partial charge on any atom is 0.240 e. The Bertz CT molecular complexity index is 609. The van der Waals surface area contributed by atoms with Crippen LogP contribution in [0.1, 0.15) is 25.8 Å². The molecule has 0 spiro atoms. The van der Waals surface area contributed by atoms with E-state index in [0.29, 0.717) is 11.4 Å². The van der Waals surface area contributed by atoms with E-state index in [2.05, 4.69) is 10.0 Å². The summed E-state index contributed by atoms with van der Waals surface area (Å²) in [5.41, 5.74) is 1.61. The number of hydrogen-bond donors (Lipinski definition) is 2. The molecule has 118 valence electrons. The fourth-order valence-electron chi connectivity index (χ4n) is 2.24. The average molecular weight is 311 g/mol. The molecule has 1 aliphatic rings. The number of sulfonamides is 1. The minimum absolute atomic E-state index is 0.236. The topological polar surface area (TPSA) is 61.4 Å². The molecule has 1 aliphatic heterocycles. The van der Waals surface area contributed by atoms with E-state index < -0.39 is 10.0 Å². The first-order valence-electron chi connectivity index (χ1n) is 7.27. The number of nitrogens with zero attached hydrogens (tertiary/aromatic N) is 1. The van der Waals surface area contributed by atoms with E-state index >= 15 is 0 Å². The smallest absolute Gasteiger partial charge is 0.240 e. The zero-order valence-electron chi connectivity index (χ0n) is 13.2. The molecule has 21 heavy (non-hydrogen) atoms. The lowest BCUT2D eigenvalue weighted by Gasteiger charge is -2.32. The van der Waals surface area contributed by atoms with Gasteiger partial charge in [0.15, 0.2) is 0 Å². The van der Waals surface area contributed by atoms with Gasteiger partial charge in [-0.2, -0.15) is 0 Å². The van der Waals surface area contributed by atoms with E-state index in [9.17, 15) is 8.42 Å². The van der Waals surface area contributed by atoms with Crippen molar-refractivity contribution in [2.75, 3.05) is 32.5 Å². The van der Waals surface area contributed by atoms with Gasteiger partial charge in [-0.05, 0) is 58.5 Å². The SMILES string of the molecule is CN(C)C(C)(C)CNS(=O)(=O)c1cccc2c1CCCN2. The zero-order valence-corrected chi connectivity index (χ0v) is 14.0. The van der Waals surface area contributed by atoms with Gasteiger partial charge in [-0.25, -0.2) is 13.1 Å². The van der Waals surface area contributed by atoms with Gasteiger partial charge in [0.2, 0.25) is 10.0 Å². The summed E-state index contributed by atoms with van der Waals surface area (Å²) in [6.45, 7) is 5.30. The fraction of sp³-hybridized carbons (Fsp3) is 0.600. The largest absolute Gasteiger partial charge is 0.385 e. The van der Waals surface area contributed by atoms with E-state index in [1.165, 1.54) is 0 Å². The lowest BCUT2D eigenvalue weighted by Crippen LogP contribution is -2.48. The second-order valence-electron chi connectivity index (χ2n) is 6.34. The summed E-state index contributed by atoms with van der Waals surface area (Å²) >= 11 is 0. The Balaban J connectivity index is 2.25. The van der Waals surface area contributed by atoms with Gasteiger partial charge < -0.3 is 10.2 Å². The molecule has 0 atom stereocenters. The highest BCUT2D eigenvalue weighted by Gasteiger charge is 2.26. The zero-order chi connectivity index (χ0) is 15.7. The summed E-state index contributed by atoms with van der Waals surface area (Å²) in [6, 6.07) is 5.43. The van der Waals surface area contributed by atoms with Gasteiger partial charge in [0.05, 0.1) is 4.90 Å². The maximum absolute atomic E-state index is 12.6. The van der Waals surface area contributed by atoms with Crippen molar-refractivity contribution < 1.29 is 8.42 Å². The number of benzene rings is 1. The van der Waals surface area contributed by atoms with Gasteiger partial charge >= 0.3 is 0 Å². The van der Waals surface area contributed by atoms with Gasteiger partial charge in [0.25, 0.3) is 0 Å². The number of fused-ring (bicyclic) bond motifs is 1. The van der Waals surface area contributed by atoms with Crippen LogP contribution in [0.3, 0.4) is 0 Å². The summed E-state index contributed by atoms with van der Waals surface area (Å²) in [7, 11) is 0.409. The normalized spacial score (nSPS) is 15.7. The van der Waals surface area contributed by atoms with Crippen molar-refractivity contribution in [1.82, 2.24) is 9.62 Å². The Hall–Kier alpha value is -1.11. The van der Waals surface area contributed by atoms with Crippen molar-refractivity contribution in [2.45, 2.75) is 37.1 Å². The highest BCUT2D eigenvalue weighted by molar-refractivity contribution is 7.89. The molecule has 0 aromatic heterocycles. The van der Waals surface area contributed by atoms with E-state index in [1.54, 1.807) is 12.1 Å². The van der Waals surface area contributed by atoms with Crippen molar-refractivity contribution in [1.29, 1.82) is 0 Å². The Kier molecular flexibility index (Phi) is 4.60. The van der Waals surface area contributed by atoms with E-state index in [0.717, 1.165) is 30.6 Å². The van der Waals surface area contributed by atoms with E-state index in [4.69, 9.17) is 0 Å². The van der Waals surface area contributed by atoms with Crippen LogP contribution < -0.4 is 10.0 Å². The van der Waals surface area contributed by atoms with Crippen molar-refractivity contribution in [3.8, 4) is 0 Å². The lowest BCUT2D eigenvalue weighted by molar-refractivity contribution is 0.199. The fourth-order valence-corrected chi connectivity index (χ4v) is 3.73. The van der Waals surface area contributed by atoms with Crippen molar-refractivity contribution in [3.05, 3.63) is 23.8 Å². The molecular weight excluding hydrogens is 286 g/mol. The van der Waals surface area contributed by atoms with Crippen molar-refractivity contribution >= 4 is 15.7 Å². The summed E-state index contributed by atoms with van der Waals surface area (Å²) in [5.74, 6) is 0. The second kappa shape index (κ2) is 5.94. The molecule has 2 rings (SSSR count). The highest BCUT2D eigenvalue weighted by Crippen LogP contribution is 2.28. The van der Waals surface area contributed by atoms with Crippen LogP contribution >= 0.6 is 0 Å². The minimum atomic E-state index is -3.49. The molecule has 1 heterocycles. The highest BCUT2D eigenvalue weighted by atomic mass is 32.2.